The second kappa shape index (κ2) is 13.5. The Kier molecular flexibility index (Phi) is 10.7. The van der Waals surface area contributed by atoms with Gasteiger partial charge in [0, 0.05) is 11.1 Å². The summed E-state index contributed by atoms with van der Waals surface area (Å²) in [6.07, 6.45) is 12.5. The fourth-order valence-electron chi connectivity index (χ4n) is 3.46. The normalized spacial score (nSPS) is 11.9. The third-order valence-electron chi connectivity index (χ3n) is 5.45. The second-order valence-electron chi connectivity index (χ2n) is 9.28. The monoisotopic (exact) mass is 464 g/mol. The molecular weight excluding hydrogens is 424 g/mol. The molecule has 2 aromatic rings. The van der Waals surface area contributed by atoms with E-state index < -0.39 is 0 Å². The smallest absolute Gasteiger partial charge is 0.294 e. The van der Waals surface area contributed by atoms with Gasteiger partial charge in [-0.2, -0.15) is 0 Å². The third-order valence-corrected chi connectivity index (χ3v) is 5.45. The van der Waals surface area contributed by atoms with Crippen LogP contribution in [0.1, 0.15) is 67.2 Å². The Bertz CT molecular complexity index is 1140. The van der Waals surface area contributed by atoms with Crippen LogP contribution in [0.4, 0.5) is 5.69 Å². The van der Waals surface area contributed by atoms with Crippen LogP contribution in [0.15, 0.2) is 69.6 Å². The molecule has 1 aromatic heterocycles. The number of fused-ring (bicyclic) bond motifs is 1. The molecule has 0 atom stereocenters. The maximum atomic E-state index is 12.8. The van der Waals surface area contributed by atoms with E-state index in [4.69, 9.17) is 15.2 Å². The number of nitrogens with one attached hydrogen (secondary N) is 1. The summed E-state index contributed by atoms with van der Waals surface area (Å²) in [5.74, 6) is 0.643. The van der Waals surface area contributed by atoms with Crippen molar-refractivity contribution in [1.82, 2.24) is 4.98 Å². The van der Waals surface area contributed by atoms with Crippen molar-refractivity contribution in [1.29, 1.82) is 0 Å². The Labute approximate surface area is 204 Å². The van der Waals surface area contributed by atoms with Gasteiger partial charge in [-0.05, 0) is 97.6 Å². The molecule has 5 heteroatoms. The van der Waals surface area contributed by atoms with E-state index in [0.29, 0.717) is 30.2 Å². The summed E-state index contributed by atoms with van der Waals surface area (Å²) in [4.78, 5) is 15.7. The molecule has 184 valence electrons. The van der Waals surface area contributed by atoms with E-state index in [1.54, 1.807) is 12.1 Å². The number of hydrogen-bond acceptors (Lipinski definition) is 4. The summed E-state index contributed by atoms with van der Waals surface area (Å²) in [6.45, 7) is 13.2. The third kappa shape index (κ3) is 8.97. The summed E-state index contributed by atoms with van der Waals surface area (Å²) in [7, 11) is 0. The fourth-order valence-corrected chi connectivity index (χ4v) is 3.46. The number of benzene rings is 1. The van der Waals surface area contributed by atoms with E-state index in [0.717, 1.165) is 31.1 Å². The number of allylic oxidation sites excluding steroid dienone is 6. The Hall–Kier alpha value is -3.21. The highest BCUT2D eigenvalue weighted by atomic mass is 16.5. The largest absolute Gasteiger partial charge is 0.485 e. The standard InChI is InChI=1S/C29H40N2O3/c1-20(2)9-7-11-22(5)15-17-33-27-25-14-13-24(30)19-26(25)31-29(32)28(27)34-18-16-23(6)12-8-10-21(3)4/h9-10,13-16,19H,7-8,11-12,17-18,30H2,1-6H3,(H,31,32)/b22-15+,23-16+. The van der Waals surface area contributed by atoms with Gasteiger partial charge >= 0.3 is 0 Å². The number of aromatic nitrogens is 1. The first-order valence-electron chi connectivity index (χ1n) is 12.0. The van der Waals surface area contributed by atoms with Crippen molar-refractivity contribution < 1.29 is 9.47 Å². The van der Waals surface area contributed by atoms with Crippen LogP contribution in [0.3, 0.4) is 0 Å². The highest BCUT2D eigenvalue weighted by Gasteiger charge is 2.15. The Balaban J connectivity index is 2.21. The highest BCUT2D eigenvalue weighted by molar-refractivity contribution is 5.89. The summed E-state index contributed by atoms with van der Waals surface area (Å²) in [5.41, 5.74) is 11.9. The highest BCUT2D eigenvalue weighted by Crippen LogP contribution is 2.32. The number of ether oxygens (including phenoxy) is 2. The molecule has 1 aromatic carbocycles. The zero-order valence-electron chi connectivity index (χ0n) is 21.6. The molecule has 0 radical (unpaired) electrons. The molecule has 0 saturated heterocycles. The van der Waals surface area contributed by atoms with Crippen LogP contribution in [0.2, 0.25) is 0 Å². The van der Waals surface area contributed by atoms with Gasteiger partial charge in [0.1, 0.15) is 13.2 Å². The molecule has 0 unspecified atom stereocenters. The number of hydrogen-bond donors (Lipinski definition) is 2. The molecule has 0 bridgehead atoms. The number of nitrogens with two attached hydrogens (primary N) is 1. The molecule has 1 heterocycles. The lowest BCUT2D eigenvalue weighted by atomic mass is 10.1. The average molecular weight is 465 g/mol. The first kappa shape index (κ1) is 27.0. The molecule has 0 aliphatic rings. The van der Waals surface area contributed by atoms with Gasteiger partial charge in [0.15, 0.2) is 5.75 Å². The predicted molar refractivity (Wildman–Crippen MR) is 145 cm³/mol. The maximum absolute atomic E-state index is 12.8. The topological polar surface area (TPSA) is 77.3 Å². The summed E-state index contributed by atoms with van der Waals surface area (Å²) >= 11 is 0. The molecule has 3 N–H and O–H groups in total. The minimum Gasteiger partial charge on any atom is -0.485 e. The quantitative estimate of drug-likeness (QED) is 0.256. The van der Waals surface area contributed by atoms with Crippen molar-refractivity contribution in [2.24, 2.45) is 0 Å². The summed E-state index contributed by atoms with van der Waals surface area (Å²) in [5, 5.41) is 0.767. The van der Waals surface area contributed by atoms with Gasteiger partial charge in [0.2, 0.25) is 5.75 Å². The molecule has 0 saturated carbocycles. The SMILES string of the molecule is CC(C)=CCC/C(C)=C/COc1c(OC/C=C(\C)CCC=C(C)C)c2ccc(N)cc2[nH]c1=O. The van der Waals surface area contributed by atoms with Crippen molar-refractivity contribution >= 4 is 16.6 Å². The van der Waals surface area contributed by atoms with E-state index in [9.17, 15) is 4.79 Å². The average Bonchev–Trinajstić information content (AvgIpc) is 2.74. The van der Waals surface area contributed by atoms with Crippen molar-refractivity contribution in [3.8, 4) is 11.5 Å². The lowest BCUT2D eigenvalue weighted by Gasteiger charge is -2.14. The molecule has 2 rings (SSSR count). The Morgan fingerprint density at radius 1 is 0.824 bits per heavy atom. The van der Waals surface area contributed by atoms with Gasteiger partial charge in [0.05, 0.1) is 5.52 Å². The van der Waals surface area contributed by atoms with Gasteiger partial charge in [-0.25, -0.2) is 0 Å². The molecule has 0 fully saturated rings. The first-order valence-corrected chi connectivity index (χ1v) is 12.0. The van der Waals surface area contributed by atoms with Crippen molar-refractivity contribution in [3.05, 3.63) is 75.1 Å². The molecule has 0 amide bonds. The summed E-state index contributed by atoms with van der Waals surface area (Å²) in [6, 6.07) is 5.39. The second-order valence-corrected chi connectivity index (χ2v) is 9.28. The van der Waals surface area contributed by atoms with Crippen LogP contribution in [0, 0.1) is 0 Å². The van der Waals surface area contributed by atoms with Gasteiger partial charge in [0.25, 0.3) is 5.56 Å². The molecule has 0 aliphatic heterocycles. The molecular formula is C29H40N2O3. The zero-order valence-corrected chi connectivity index (χ0v) is 21.6. The van der Waals surface area contributed by atoms with Crippen LogP contribution in [0.25, 0.3) is 10.9 Å². The van der Waals surface area contributed by atoms with Crippen molar-refractivity contribution in [2.45, 2.75) is 67.2 Å². The Morgan fingerprint density at radius 2 is 1.35 bits per heavy atom. The van der Waals surface area contributed by atoms with Crippen LogP contribution >= 0.6 is 0 Å². The van der Waals surface area contributed by atoms with Crippen LogP contribution in [-0.2, 0) is 0 Å². The van der Waals surface area contributed by atoms with Gasteiger partial charge in [-0.3, -0.25) is 4.79 Å². The molecule has 5 nitrogen and oxygen atoms in total. The maximum Gasteiger partial charge on any atom is 0.294 e. The van der Waals surface area contributed by atoms with Crippen LogP contribution in [0.5, 0.6) is 11.5 Å². The zero-order chi connectivity index (χ0) is 25.1. The first-order chi connectivity index (χ1) is 16.2. The van der Waals surface area contributed by atoms with E-state index >= 15 is 0 Å². The molecule has 0 spiro atoms. The molecule has 34 heavy (non-hydrogen) atoms. The van der Waals surface area contributed by atoms with Crippen LogP contribution in [-0.4, -0.2) is 18.2 Å². The number of aromatic amines is 1. The van der Waals surface area contributed by atoms with Crippen molar-refractivity contribution in [2.75, 3.05) is 18.9 Å². The number of H-pyrrole nitrogens is 1. The van der Waals surface area contributed by atoms with E-state index in [-0.39, 0.29) is 11.3 Å². The predicted octanol–water partition coefficient (Wildman–Crippen LogP) is 7.25. The number of anilines is 1. The van der Waals surface area contributed by atoms with Gasteiger partial charge < -0.3 is 20.2 Å². The fraction of sp³-hybridized carbons (Fsp3) is 0.414. The minimum atomic E-state index is -0.326. The van der Waals surface area contributed by atoms with Gasteiger partial charge in [-0.15, -0.1) is 0 Å². The number of nitrogen functional groups attached to an aromatic ring is 1. The molecule has 0 aliphatic carbocycles. The van der Waals surface area contributed by atoms with E-state index in [1.807, 2.05) is 12.1 Å². The van der Waals surface area contributed by atoms with Crippen LogP contribution < -0.4 is 20.8 Å². The minimum absolute atomic E-state index is 0.196. The number of pyridine rings is 1. The lowest BCUT2D eigenvalue weighted by molar-refractivity contribution is 0.306. The lowest BCUT2D eigenvalue weighted by Crippen LogP contribution is -2.14. The summed E-state index contributed by atoms with van der Waals surface area (Å²) < 4.78 is 12.0. The Morgan fingerprint density at radius 3 is 1.88 bits per heavy atom. The number of rotatable bonds is 12. The van der Waals surface area contributed by atoms with E-state index in [2.05, 4.69) is 64.8 Å². The van der Waals surface area contributed by atoms with Gasteiger partial charge in [-0.1, -0.05) is 34.4 Å². The van der Waals surface area contributed by atoms with Crippen molar-refractivity contribution in [3.63, 3.8) is 0 Å². The van der Waals surface area contributed by atoms with E-state index in [1.165, 1.54) is 22.3 Å².